The Hall–Kier alpha value is -2.71. The summed E-state index contributed by atoms with van der Waals surface area (Å²) in [7, 11) is 0. The average Bonchev–Trinajstić information content (AvgIpc) is 3.33. The Balaban J connectivity index is 1.63. The maximum atomic E-state index is 13.3. The van der Waals surface area contributed by atoms with Crippen LogP contribution in [0.5, 0.6) is 0 Å². The number of nitrogens with one attached hydrogen (secondary N) is 1. The fourth-order valence-corrected chi connectivity index (χ4v) is 4.43. The Morgan fingerprint density at radius 1 is 1.22 bits per heavy atom. The molecule has 1 aliphatic heterocycles. The number of para-hydroxylation sites is 2. The van der Waals surface area contributed by atoms with Gasteiger partial charge in [-0.3, -0.25) is 9.20 Å². The number of carbonyl (C=O) groups excluding carboxylic acids is 1. The van der Waals surface area contributed by atoms with E-state index in [9.17, 15) is 4.79 Å². The second kappa shape index (κ2) is 6.17. The molecule has 4 heterocycles. The normalized spacial score (nSPS) is 20.6. The third-order valence-corrected chi connectivity index (χ3v) is 5.54. The second-order valence-electron chi connectivity index (χ2n) is 6.93. The number of ether oxygens (including phenoxy) is 1. The molecule has 2 atom stereocenters. The number of hydrogen-bond acceptors (Lipinski definition) is 5. The quantitative estimate of drug-likeness (QED) is 0.579. The van der Waals surface area contributed by atoms with Crippen LogP contribution < -0.4 is 0 Å². The maximum Gasteiger partial charge on any atom is 0.275 e. The van der Waals surface area contributed by atoms with Crippen molar-refractivity contribution in [2.24, 2.45) is 0 Å². The van der Waals surface area contributed by atoms with Crippen LogP contribution in [0.25, 0.3) is 27.5 Å². The Morgan fingerprint density at radius 2 is 2.00 bits per heavy atom. The minimum Gasteiger partial charge on any atom is -0.372 e. The smallest absolute Gasteiger partial charge is 0.275 e. The topological polar surface area (TPSA) is 75.5 Å². The molecule has 0 radical (unpaired) electrons. The zero-order valence-electron chi connectivity index (χ0n) is 15.0. The number of fused-ring (bicyclic) bond motifs is 2. The number of benzene rings is 1. The molecule has 1 saturated heterocycles. The zero-order valence-corrected chi connectivity index (χ0v) is 15.9. The lowest BCUT2D eigenvalue weighted by atomic mass is 10.2. The maximum absolute atomic E-state index is 13.3. The Kier molecular flexibility index (Phi) is 3.76. The van der Waals surface area contributed by atoms with Crippen molar-refractivity contribution in [1.29, 1.82) is 0 Å². The minimum absolute atomic E-state index is 0.0103. The van der Waals surface area contributed by atoms with Crippen LogP contribution in [0.4, 0.5) is 0 Å². The first-order valence-electron chi connectivity index (χ1n) is 8.95. The van der Waals surface area contributed by atoms with Crippen molar-refractivity contribution in [3.8, 4) is 11.5 Å². The molecule has 27 heavy (non-hydrogen) atoms. The molecule has 1 aromatic carbocycles. The highest BCUT2D eigenvalue weighted by atomic mass is 32.1. The SMILES string of the molecule is C[C@@H]1CN(C(=O)c2nc3sccn3c2-c2nc3ccccc3[nH]2)C[C@H](C)O1. The molecule has 1 amide bonds. The highest BCUT2D eigenvalue weighted by Crippen LogP contribution is 2.29. The van der Waals surface area contributed by atoms with Gasteiger partial charge < -0.3 is 14.6 Å². The molecule has 138 valence electrons. The summed E-state index contributed by atoms with van der Waals surface area (Å²) in [6.45, 7) is 5.10. The van der Waals surface area contributed by atoms with Gasteiger partial charge in [0.05, 0.1) is 23.2 Å². The molecule has 1 aliphatic rings. The summed E-state index contributed by atoms with van der Waals surface area (Å²) < 4.78 is 7.70. The lowest BCUT2D eigenvalue weighted by Crippen LogP contribution is -2.48. The third-order valence-electron chi connectivity index (χ3n) is 4.79. The fourth-order valence-electron chi connectivity index (χ4n) is 3.72. The molecule has 1 fully saturated rings. The monoisotopic (exact) mass is 381 g/mol. The van der Waals surface area contributed by atoms with E-state index in [1.165, 1.54) is 11.3 Å². The van der Waals surface area contributed by atoms with Gasteiger partial charge in [-0.05, 0) is 26.0 Å². The fraction of sp³-hybridized carbons (Fsp3) is 0.316. The molecular formula is C19H19N5O2S. The number of rotatable bonds is 2. The molecule has 0 spiro atoms. The summed E-state index contributed by atoms with van der Waals surface area (Å²) in [5, 5.41) is 1.96. The molecular weight excluding hydrogens is 362 g/mol. The zero-order chi connectivity index (χ0) is 18.5. The van der Waals surface area contributed by atoms with E-state index in [2.05, 4.69) is 9.97 Å². The molecule has 0 aliphatic carbocycles. The molecule has 3 aromatic heterocycles. The van der Waals surface area contributed by atoms with Gasteiger partial charge in [0, 0.05) is 24.7 Å². The number of amides is 1. The van der Waals surface area contributed by atoms with E-state index in [-0.39, 0.29) is 18.1 Å². The number of H-pyrrole nitrogens is 1. The number of morpholine rings is 1. The summed E-state index contributed by atoms with van der Waals surface area (Å²) in [5.74, 6) is 0.572. The van der Waals surface area contributed by atoms with Crippen molar-refractivity contribution in [2.45, 2.75) is 26.1 Å². The summed E-state index contributed by atoms with van der Waals surface area (Å²) in [6.07, 6.45) is 1.95. The number of hydrogen-bond donors (Lipinski definition) is 1. The van der Waals surface area contributed by atoms with E-state index in [1.54, 1.807) is 0 Å². The summed E-state index contributed by atoms with van der Waals surface area (Å²) >= 11 is 1.50. The summed E-state index contributed by atoms with van der Waals surface area (Å²) in [6, 6.07) is 7.84. The number of thiazole rings is 1. The second-order valence-corrected chi connectivity index (χ2v) is 7.81. The number of carbonyl (C=O) groups is 1. The lowest BCUT2D eigenvalue weighted by Gasteiger charge is -2.35. The van der Waals surface area contributed by atoms with Crippen LogP contribution in [0, 0.1) is 0 Å². The largest absolute Gasteiger partial charge is 0.372 e. The third kappa shape index (κ3) is 2.72. The van der Waals surface area contributed by atoms with E-state index in [4.69, 9.17) is 9.72 Å². The number of nitrogens with zero attached hydrogens (tertiary/aromatic N) is 4. The number of aromatic nitrogens is 4. The molecule has 8 heteroatoms. The van der Waals surface area contributed by atoms with Crippen molar-refractivity contribution in [3.05, 3.63) is 41.5 Å². The molecule has 0 bridgehead atoms. The Labute approximate surface area is 159 Å². The van der Waals surface area contributed by atoms with E-state index in [0.717, 1.165) is 16.0 Å². The molecule has 1 N–H and O–H groups in total. The first-order valence-corrected chi connectivity index (χ1v) is 9.83. The Bertz CT molecular complexity index is 1100. The summed E-state index contributed by atoms with van der Waals surface area (Å²) in [5.41, 5.74) is 2.94. The number of imidazole rings is 2. The van der Waals surface area contributed by atoms with Gasteiger partial charge in [-0.25, -0.2) is 9.97 Å². The van der Waals surface area contributed by atoms with Crippen LogP contribution in [0.15, 0.2) is 35.8 Å². The first kappa shape index (κ1) is 16.5. The minimum atomic E-state index is -0.0802. The van der Waals surface area contributed by atoms with Gasteiger partial charge >= 0.3 is 0 Å². The predicted octanol–water partition coefficient (Wildman–Crippen LogP) is 3.19. The molecule has 7 nitrogen and oxygen atoms in total. The van der Waals surface area contributed by atoms with Crippen molar-refractivity contribution in [2.75, 3.05) is 13.1 Å². The van der Waals surface area contributed by atoms with Gasteiger partial charge in [0.15, 0.2) is 16.5 Å². The van der Waals surface area contributed by atoms with E-state index >= 15 is 0 Å². The van der Waals surface area contributed by atoms with E-state index in [0.29, 0.717) is 30.3 Å². The predicted molar refractivity (Wildman–Crippen MR) is 104 cm³/mol. The highest BCUT2D eigenvalue weighted by molar-refractivity contribution is 7.15. The van der Waals surface area contributed by atoms with Crippen LogP contribution >= 0.6 is 11.3 Å². The van der Waals surface area contributed by atoms with Crippen molar-refractivity contribution < 1.29 is 9.53 Å². The number of aromatic amines is 1. The van der Waals surface area contributed by atoms with Gasteiger partial charge in [0.25, 0.3) is 5.91 Å². The molecule has 0 saturated carbocycles. The summed E-state index contributed by atoms with van der Waals surface area (Å²) in [4.78, 5) is 28.6. The van der Waals surface area contributed by atoms with Crippen molar-refractivity contribution in [3.63, 3.8) is 0 Å². The van der Waals surface area contributed by atoms with Gasteiger partial charge in [-0.1, -0.05) is 12.1 Å². The standard InChI is InChI=1S/C19H19N5O2S/c1-11-9-23(10-12(2)26-11)18(25)15-16(24-7-8-27-19(24)22-15)17-20-13-5-3-4-6-14(13)21-17/h3-8,11-12H,9-10H2,1-2H3,(H,20,21)/t11-,12+. The lowest BCUT2D eigenvalue weighted by molar-refractivity contribution is -0.0587. The van der Waals surface area contributed by atoms with Gasteiger partial charge in [0.2, 0.25) is 0 Å². The van der Waals surface area contributed by atoms with Crippen LogP contribution in [0.1, 0.15) is 24.3 Å². The molecule has 4 aromatic rings. The van der Waals surface area contributed by atoms with Gasteiger partial charge in [-0.2, -0.15) is 0 Å². The van der Waals surface area contributed by atoms with Crippen LogP contribution in [0.2, 0.25) is 0 Å². The van der Waals surface area contributed by atoms with E-state index < -0.39 is 0 Å². The van der Waals surface area contributed by atoms with Crippen LogP contribution in [-0.4, -0.2) is 55.5 Å². The van der Waals surface area contributed by atoms with Crippen LogP contribution in [-0.2, 0) is 4.74 Å². The first-order chi connectivity index (χ1) is 13.1. The van der Waals surface area contributed by atoms with E-state index in [1.807, 2.05) is 59.0 Å². The van der Waals surface area contributed by atoms with Crippen LogP contribution in [0.3, 0.4) is 0 Å². The van der Waals surface area contributed by atoms with Gasteiger partial charge in [0.1, 0.15) is 5.69 Å². The van der Waals surface area contributed by atoms with Crippen molar-refractivity contribution in [1.82, 2.24) is 24.3 Å². The molecule has 5 rings (SSSR count). The van der Waals surface area contributed by atoms with Gasteiger partial charge in [-0.15, -0.1) is 11.3 Å². The molecule has 0 unspecified atom stereocenters. The highest BCUT2D eigenvalue weighted by Gasteiger charge is 2.31. The Morgan fingerprint density at radius 3 is 2.78 bits per heavy atom. The average molecular weight is 381 g/mol. The van der Waals surface area contributed by atoms with Crippen molar-refractivity contribution >= 4 is 33.2 Å².